The van der Waals surface area contributed by atoms with E-state index in [0.29, 0.717) is 31.3 Å². The molecule has 2 N–H and O–H groups in total. The van der Waals surface area contributed by atoms with Crippen molar-refractivity contribution in [2.45, 2.75) is 26.2 Å². The van der Waals surface area contributed by atoms with Gasteiger partial charge in [0.1, 0.15) is 0 Å². The van der Waals surface area contributed by atoms with Crippen LogP contribution in [-0.2, 0) is 14.8 Å². The van der Waals surface area contributed by atoms with Crippen molar-refractivity contribution >= 4 is 40.1 Å². The normalized spacial score (nSPS) is 21.7. The zero-order chi connectivity index (χ0) is 16.7. The number of sulfonamides is 1. The number of hydrogen-bond acceptors (Lipinski definition) is 5. The minimum atomic E-state index is -3.23. The van der Waals surface area contributed by atoms with Crippen LogP contribution in [0.3, 0.4) is 0 Å². The molecule has 0 saturated carbocycles. The van der Waals surface area contributed by atoms with E-state index in [0.717, 1.165) is 37.4 Å². The van der Waals surface area contributed by atoms with E-state index in [1.807, 2.05) is 0 Å². The van der Waals surface area contributed by atoms with E-state index in [-0.39, 0.29) is 30.6 Å². The van der Waals surface area contributed by atoms with Gasteiger partial charge in [-0.3, -0.25) is 4.79 Å². The van der Waals surface area contributed by atoms with Gasteiger partial charge in [-0.2, -0.15) is 11.8 Å². The van der Waals surface area contributed by atoms with Gasteiger partial charge in [-0.1, -0.05) is 6.92 Å². The predicted molar refractivity (Wildman–Crippen MR) is 102 cm³/mol. The second-order valence-electron chi connectivity index (χ2n) is 6.45. The highest BCUT2D eigenvalue weighted by Crippen LogP contribution is 2.24. The average Bonchev–Trinajstić information content (AvgIpc) is 2.56. The van der Waals surface area contributed by atoms with Gasteiger partial charge in [0, 0.05) is 37.6 Å². The molecule has 24 heavy (non-hydrogen) atoms. The highest BCUT2D eigenvalue weighted by Gasteiger charge is 2.25. The minimum Gasteiger partial charge on any atom is -0.355 e. The first-order valence-corrected chi connectivity index (χ1v) is 11.3. The van der Waals surface area contributed by atoms with Crippen LogP contribution in [0.5, 0.6) is 0 Å². The summed E-state index contributed by atoms with van der Waals surface area (Å²) in [6.07, 6.45) is 2.73. The molecule has 0 bridgehead atoms. The third-order valence-electron chi connectivity index (χ3n) is 4.74. The van der Waals surface area contributed by atoms with Crippen molar-refractivity contribution in [1.29, 1.82) is 0 Å². The van der Waals surface area contributed by atoms with Crippen LogP contribution in [0.4, 0.5) is 0 Å². The van der Waals surface area contributed by atoms with E-state index in [1.54, 1.807) is 16.1 Å². The molecule has 2 aliphatic heterocycles. The van der Waals surface area contributed by atoms with Crippen molar-refractivity contribution in [3.05, 3.63) is 0 Å². The molecule has 6 nitrogen and oxygen atoms in total. The maximum atomic E-state index is 12.2. The molecule has 0 aromatic rings. The lowest BCUT2D eigenvalue weighted by atomic mass is 9.84. The zero-order valence-corrected chi connectivity index (χ0v) is 16.8. The number of hydrogen-bond donors (Lipinski definition) is 2. The van der Waals surface area contributed by atoms with E-state index in [1.165, 1.54) is 0 Å². The molecule has 1 unspecified atom stereocenters. The first kappa shape index (κ1) is 22.0. The Labute approximate surface area is 156 Å². The monoisotopic (exact) mass is 399 g/mol. The smallest absolute Gasteiger partial charge is 0.220 e. The van der Waals surface area contributed by atoms with Gasteiger partial charge in [-0.15, -0.1) is 12.4 Å². The van der Waals surface area contributed by atoms with Crippen LogP contribution < -0.4 is 10.6 Å². The highest BCUT2D eigenvalue weighted by molar-refractivity contribution is 7.99. The molecule has 0 radical (unpaired) electrons. The Morgan fingerprint density at radius 2 is 1.92 bits per heavy atom. The molecular weight excluding hydrogens is 370 g/mol. The molecule has 9 heteroatoms. The van der Waals surface area contributed by atoms with E-state index in [4.69, 9.17) is 0 Å². The average molecular weight is 400 g/mol. The second kappa shape index (κ2) is 10.9. The quantitative estimate of drug-likeness (QED) is 0.665. The fourth-order valence-corrected chi connectivity index (χ4v) is 5.71. The molecule has 0 aromatic carbocycles. The van der Waals surface area contributed by atoms with E-state index < -0.39 is 10.0 Å². The minimum absolute atomic E-state index is 0. The number of halogens is 1. The molecule has 2 rings (SSSR count). The summed E-state index contributed by atoms with van der Waals surface area (Å²) in [6, 6.07) is 0. The Bertz CT molecular complexity index is 478. The van der Waals surface area contributed by atoms with E-state index >= 15 is 0 Å². The standard InChI is InChI=1S/C15H29N3O3S2.ClH/c1-13(14-2-4-16-5-3-14)12-15(19)17-6-11-23(20,21)18-7-9-22-10-8-18;/h13-14,16H,2-12H2,1H3,(H,17,19);1H. The highest BCUT2D eigenvalue weighted by atomic mass is 35.5. The molecule has 2 fully saturated rings. The molecule has 1 atom stereocenters. The van der Waals surface area contributed by atoms with Gasteiger partial charge in [-0.05, 0) is 37.8 Å². The third kappa shape index (κ3) is 7.07. The Kier molecular flexibility index (Phi) is 9.96. The summed E-state index contributed by atoms with van der Waals surface area (Å²) in [5, 5.41) is 6.11. The van der Waals surface area contributed by atoms with Gasteiger partial charge in [0.05, 0.1) is 5.75 Å². The second-order valence-corrected chi connectivity index (χ2v) is 9.76. The maximum Gasteiger partial charge on any atom is 0.220 e. The molecule has 0 spiro atoms. The summed E-state index contributed by atoms with van der Waals surface area (Å²) >= 11 is 1.78. The van der Waals surface area contributed by atoms with Crippen LogP contribution in [0.1, 0.15) is 26.2 Å². The van der Waals surface area contributed by atoms with Crippen molar-refractivity contribution in [3.63, 3.8) is 0 Å². The maximum absolute atomic E-state index is 12.2. The SMILES string of the molecule is CC(CC(=O)NCCS(=O)(=O)N1CCSCC1)C1CCNCC1.Cl. The van der Waals surface area contributed by atoms with Crippen LogP contribution in [0.15, 0.2) is 0 Å². The van der Waals surface area contributed by atoms with Crippen LogP contribution in [0.25, 0.3) is 0 Å². The number of amides is 1. The Balaban J connectivity index is 0.00000288. The number of piperidine rings is 1. The summed E-state index contributed by atoms with van der Waals surface area (Å²) in [5.74, 6) is 2.65. The summed E-state index contributed by atoms with van der Waals surface area (Å²) in [4.78, 5) is 12.0. The van der Waals surface area contributed by atoms with E-state index in [2.05, 4.69) is 17.6 Å². The van der Waals surface area contributed by atoms with Gasteiger partial charge in [-0.25, -0.2) is 12.7 Å². The lowest BCUT2D eigenvalue weighted by Gasteiger charge is -2.28. The number of rotatable bonds is 7. The summed E-state index contributed by atoms with van der Waals surface area (Å²) in [7, 11) is -3.23. The predicted octanol–water partition coefficient (Wildman–Crippen LogP) is 0.929. The van der Waals surface area contributed by atoms with Gasteiger partial charge in [0.15, 0.2) is 0 Å². The Hall–Kier alpha value is -0.0200. The van der Waals surface area contributed by atoms with Crippen LogP contribution in [0, 0.1) is 11.8 Å². The summed E-state index contributed by atoms with van der Waals surface area (Å²) in [6.45, 7) is 5.58. The molecule has 2 saturated heterocycles. The lowest BCUT2D eigenvalue weighted by molar-refractivity contribution is -0.122. The first-order chi connectivity index (χ1) is 11.0. The number of nitrogens with one attached hydrogen (secondary N) is 2. The molecule has 1 amide bonds. The van der Waals surface area contributed by atoms with Gasteiger partial charge in [0.2, 0.25) is 15.9 Å². The number of nitrogens with zero attached hydrogens (tertiary/aromatic N) is 1. The van der Waals surface area contributed by atoms with Gasteiger partial charge < -0.3 is 10.6 Å². The van der Waals surface area contributed by atoms with Crippen molar-refractivity contribution in [3.8, 4) is 0 Å². The fraction of sp³-hybridized carbons (Fsp3) is 0.933. The fourth-order valence-electron chi connectivity index (χ4n) is 3.22. The topological polar surface area (TPSA) is 78.5 Å². The molecule has 142 valence electrons. The van der Waals surface area contributed by atoms with Gasteiger partial charge >= 0.3 is 0 Å². The first-order valence-electron chi connectivity index (χ1n) is 8.52. The Morgan fingerprint density at radius 1 is 1.29 bits per heavy atom. The van der Waals surface area contributed by atoms with Gasteiger partial charge in [0.25, 0.3) is 0 Å². The number of carbonyl (C=O) groups excluding carboxylic acids is 1. The number of carbonyl (C=O) groups is 1. The van der Waals surface area contributed by atoms with Crippen LogP contribution in [0.2, 0.25) is 0 Å². The Morgan fingerprint density at radius 3 is 2.54 bits per heavy atom. The zero-order valence-electron chi connectivity index (χ0n) is 14.3. The summed E-state index contributed by atoms with van der Waals surface area (Å²) < 4.78 is 25.9. The van der Waals surface area contributed by atoms with Crippen molar-refractivity contribution in [2.24, 2.45) is 11.8 Å². The molecule has 0 aromatic heterocycles. The van der Waals surface area contributed by atoms with Crippen LogP contribution >= 0.6 is 24.2 Å². The summed E-state index contributed by atoms with van der Waals surface area (Å²) in [5.41, 5.74) is 0. The van der Waals surface area contributed by atoms with Crippen molar-refractivity contribution in [1.82, 2.24) is 14.9 Å². The molecular formula is C15H30ClN3O3S2. The van der Waals surface area contributed by atoms with Crippen molar-refractivity contribution in [2.75, 3.05) is 50.0 Å². The molecule has 0 aliphatic carbocycles. The third-order valence-corrected chi connectivity index (χ3v) is 7.56. The van der Waals surface area contributed by atoms with Crippen molar-refractivity contribution < 1.29 is 13.2 Å². The lowest BCUT2D eigenvalue weighted by Crippen LogP contribution is -2.42. The largest absolute Gasteiger partial charge is 0.355 e. The molecule has 2 heterocycles. The molecule has 2 aliphatic rings. The van der Waals surface area contributed by atoms with Crippen LogP contribution in [-0.4, -0.2) is 68.6 Å². The van der Waals surface area contributed by atoms with E-state index in [9.17, 15) is 13.2 Å². The number of thioether (sulfide) groups is 1.